The number of unbranched alkanes of at least 4 members (excludes halogenated alkanes) is 1. The molecule has 4 aromatic rings. The molecular weight excluding hydrogens is 558 g/mol. The lowest BCUT2D eigenvalue weighted by atomic mass is 10.0. The Kier molecular flexibility index (Phi) is 10.6. The van der Waals surface area contributed by atoms with Crippen LogP contribution < -0.4 is 16.2 Å². The number of aryl methyl sites for hydroxylation is 1. The van der Waals surface area contributed by atoms with E-state index in [1.807, 2.05) is 24.3 Å². The average molecular weight is 602 g/mol. The van der Waals surface area contributed by atoms with E-state index in [1.165, 1.54) is 5.56 Å². The first-order valence-corrected chi connectivity index (χ1v) is 15.6. The van der Waals surface area contributed by atoms with Crippen LogP contribution in [0.5, 0.6) is 6.01 Å². The quantitative estimate of drug-likeness (QED) is 0.172. The van der Waals surface area contributed by atoms with Crippen molar-refractivity contribution in [2.24, 2.45) is 0 Å². The van der Waals surface area contributed by atoms with Gasteiger partial charge in [0.25, 0.3) is 0 Å². The van der Waals surface area contributed by atoms with E-state index in [0.29, 0.717) is 36.9 Å². The molecule has 0 saturated carbocycles. The van der Waals surface area contributed by atoms with Gasteiger partial charge in [-0.15, -0.1) is 0 Å². The number of rotatable bonds is 15. The van der Waals surface area contributed by atoms with Crippen molar-refractivity contribution in [2.45, 2.75) is 71.1 Å². The molecule has 234 valence electrons. The van der Waals surface area contributed by atoms with Crippen LogP contribution in [0.1, 0.15) is 55.7 Å². The van der Waals surface area contributed by atoms with E-state index in [9.17, 15) is 14.7 Å². The molecule has 1 fully saturated rings. The third-order valence-corrected chi connectivity index (χ3v) is 8.24. The molecule has 1 saturated heterocycles. The average Bonchev–Trinajstić information content (AvgIpc) is 3.33. The fourth-order valence-corrected chi connectivity index (χ4v) is 5.96. The maximum absolute atomic E-state index is 12.9. The van der Waals surface area contributed by atoms with E-state index >= 15 is 0 Å². The Balaban J connectivity index is 1.29. The van der Waals surface area contributed by atoms with Gasteiger partial charge in [0, 0.05) is 32.2 Å². The monoisotopic (exact) mass is 601 g/mol. The standard InChI is InChI=1S/C33H43N7O4/c1-2-3-19-44-32-36-30(34)29-31(37-32)40(33(43)35-29)16-8-15-39(23-26-12-7-11-25(20-26)21-28(41)42)27-13-17-38(18-14-27)22-24-9-5-4-6-10-24/h4-7,9-12,20,27H,2-3,8,13-19,21-23H2,1H3,(H,35,43)(H,41,42)(H2,34,36,37). The number of H-pyrrole nitrogens is 1. The van der Waals surface area contributed by atoms with Crippen LogP contribution in [-0.4, -0.2) is 72.7 Å². The van der Waals surface area contributed by atoms with Crippen molar-refractivity contribution >= 4 is 23.0 Å². The maximum Gasteiger partial charge on any atom is 0.327 e. The first-order valence-electron chi connectivity index (χ1n) is 15.6. The molecule has 0 spiro atoms. The lowest BCUT2D eigenvalue weighted by molar-refractivity contribution is -0.136. The van der Waals surface area contributed by atoms with Crippen LogP contribution in [0.2, 0.25) is 0 Å². The number of nitrogens with one attached hydrogen (secondary N) is 1. The van der Waals surface area contributed by atoms with Crippen molar-refractivity contribution in [3.05, 3.63) is 81.8 Å². The summed E-state index contributed by atoms with van der Waals surface area (Å²) in [5.41, 5.74) is 9.97. The number of carboxylic acids is 1. The molecule has 0 atom stereocenters. The largest absolute Gasteiger partial charge is 0.481 e. The molecule has 0 radical (unpaired) electrons. The molecule has 3 heterocycles. The second kappa shape index (κ2) is 15.0. The number of carboxylic acid groups (broad SMARTS) is 1. The lowest BCUT2D eigenvalue weighted by Crippen LogP contribution is -2.45. The second-order valence-electron chi connectivity index (χ2n) is 11.6. The minimum absolute atomic E-state index is 0.00430. The number of hydrogen-bond acceptors (Lipinski definition) is 8. The van der Waals surface area contributed by atoms with Gasteiger partial charge < -0.3 is 20.6 Å². The molecule has 2 aromatic heterocycles. The van der Waals surface area contributed by atoms with Crippen molar-refractivity contribution < 1.29 is 14.6 Å². The summed E-state index contributed by atoms with van der Waals surface area (Å²) in [6, 6.07) is 19.0. The topological polar surface area (TPSA) is 143 Å². The van der Waals surface area contributed by atoms with Gasteiger partial charge in [0.15, 0.2) is 11.5 Å². The zero-order chi connectivity index (χ0) is 30.9. The summed E-state index contributed by atoms with van der Waals surface area (Å²) in [6.07, 6.45) is 4.67. The Morgan fingerprint density at radius 2 is 1.82 bits per heavy atom. The Morgan fingerprint density at radius 1 is 1.07 bits per heavy atom. The second-order valence-corrected chi connectivity index (χ2v) is 11.6. The Bertz CT molecular complexity index is 1580. The van der Waals surface area contributed by atoms with E-state index in [-0.39, 0.29) is 23.9 Å². The number of imidazole rings is 1. The molecule has 0 amide bonds. The van der Waals surface area contributed by atoms with Crippen molar-refractivity contribution in [3.63, 3.8) is 0 Å². The Hall–Kier alpha value is -4.22. The molecule has 2 aromatic carbocycles. The smallest absolute Gasteiger partial charge is 0.327 e. The van der Waals surface area contributed by atoms with E-state index in [1.54, 1.807) is 4.57 Å². The van der Waals surface area contributed by atoms with E-state index in [4.69, 9.17) is 10.5 Å². The number of aromatic nitrogens is 4. The minimum Gasteiger partial charge on any atom is -0.481 e. The first-order chi connectivity index (χ1) is 21.4. The van der Waals surface area contributed by atoms with Gasteiger partial charge in [0.2, 0.25) is 0 Å². The SMILES string of the molecule is CCCCOc1nc(N)c2[nH]c(=O)n(CCCN(Cc3cccc(CC(=O)O)c3)C3CCN(Cc4ccccc4)CC3)c2n1. The number of hydrogen-bond donors (Lipinski definition) is 3. The van der Waals surface area contributed by atoms with Gasteiger partial charge in [-0.2, -0.15) is 9.97 Å². The molecular formula is C33H43N7O4. The first kappa shape index (κ1) is 31.2. The number of piperidine rings is 1. The summed E-state index contributed by atoms with van der Waals surface area (Å²) in [5.74, 6) is -0.639. The molecule has 11 heteroatoms. The Morgan fingerprint density at radius 3 is 2.57 bits per heavy atom. The van der Waals surface area contributed by atoms with E-state index in [2.05, 4.69) is 62.0 Å². The van der Waals surface area contributed by atoms with Crippen molar-refractivity contribution in [2.75, 3.05) is 32.0 Å². The third-order valence-electron chi connectivity index (χ3n) is 8.24. The van der Waals surface area contributed by atoms with Gasteiger partial charge >= 0.3 is 17.7 Å². The number of nitrogen functional groups attached to an aromatic ring is 1. The summed E-state index contributed by atoms with van der Waals surface area (Å²) < 4.78 is 7.31. The van der Waals surface area contributed by atoms with Crippen LogP contribution in [0.4, 0.5) is 5.82 Å². The number of carbonyl (C=O) groups is 1. The summed E-state index contributed by atoms with van der Waals surface area (Å²) >= 11 is 0. The molecule has 4 N–H and O–H groups in total. The van der Waals surface area contributed by atoms with Crippen molar-refractivity contribution in [3.8, 4) is 6.01 Å². The molecule has 1 aliphatic heterocycles. The number of likely N-dealkylation sites (tertiary alicyclic amines) is 1. The number of nitrogens with two attached hydrogens (primary N) is 1. The number of benzene rings is 2. The number of fused-ring (bicyclic) bond motifs is 1. The van der Waals surface area contributed by atoms with Gasteiger partial charge in [-0.05, 0) is 55.5 Å². The molecule has 0 bridgehead atoms. The van der Waals surface area contributed by atoms with Crippen molar-refractivity contribution in [1.29, 1.82) is 0 Å². The van der Waals surface area contributed by atoms with Crippen LogP contribution in [-0.2, 0) is 30.8 Å². The third kappa shape index (κ3) is 8.23. The minimum atomic E-state index is -0.836. The van der Waals surface area contributed by atoms with E-state index < -0.39 is 5.97 Å². The summed E-state index contributed by atoms with van der Waals surface area (Å²) in [5, 5.41) is 9.30. The summed E-state index contributed by atoms with van der Waals surface area (Å²) in [4.78, 5) is 40.8. The molecule has 0 unspecified atom stereocenters. The molecule has 44 heavy (non-hydrogen) atoms. The molecule has 5 rings (SSSR count). The number of aromatic amines is 1. The maximum atomic E-state index is 12.9. The van der Waals surface area contributed by atoms with Gasteiger partial charge in [-0.1, -0.05) is 67.9 Å². The highest BCUT2D eigenvalue weighted by molar-refractivity contribution is 5.81. The molecule has 1 aliphatic rings. The fraction of sp³-hybridized carbons (Fsp3) is 0.455. The van der Waals surface area contributed by atoms with Crippen molar-refractivity contribution in [1.82, 2.24) is 29.3 Å². The summed E-state index contributed by atoms with van der Waals surface area (Å²) in [7, 11) is 0. The van der Waals surface area contributed by atoms with Crippen LogP contribution in [0, 0.1) is 0 Å². The highest BCUT2D eigenvalue weighted by Gasteiger charge is 2.25. The van der Waals surface area contributed by atoms with Gasteiger partial charge in [0.05, 0.1) is 13.0 Å². The highest BCUT2D eigenvalue weighted by Crippen LogP contribution is 2.23. The van der Waals surface area contributed by atoms with E-state index in [0.717, 1.165) is 69.4 Å². The number of anilines is 1. The predicted molar refractivity (Wildman–Crippen MR) is 171 cm³/mol. The zero-order valence-corrected chi connectivity index (χ0v) is 25.5. The summed E-state index contributed by atoms with van der Waals surface area (Å²) in [6.45, 7) is 7.48. The van der Waals surface area contributed by atoms with Gasteiger partial charge in [-0.3, -0.25) is 19.2 Å². The fourth-order valence-electron chi connectivity index (χ4n) is 5.96. The highest BCUT2D eigenvalue weighted by atomic mass is 16.5. The van der Waals surface area contributed by atoms with Crippen LogP contribution in [0.25, 0.3) is 11.2 Å². The lowest BCUT2D eigenvalue weighted by Gasteiger charge is -2.39. The number of ether oxygens (including phenoxy) is 1. The van der Waals surface area contributed by atoms with Crippen LogP contribution in [0.3, 0.4) is 0 Å². The predicted octanol–water partition coefficient (Wildman–Crippen LogP) is 4.06. The van der Waals surface area contributed by atoms with Gasteiger partial charge in [0.1, 0.15) is 5.52 Å². The van der Waals surface area contributed by atoms with Crippen LogP contribution in [0.15, 0.2) is 59.4 Å². The normalized spacial score (nSPS) is 14.4. The molecule has 11 nitrogen and oxygen atoms in total. The number of nitrogens with zero attached hydrogens (tertiary/aromatic N) is 5. The van der Waals surface area contributed by atoms with Crippen LogP contribution >= 0.6 is 0 Å². The molecule has 0 aliphatic carbocycles. The van der Waals surface area contributed by atoms with Gasteiger partial charge in [-0.25, -0.2) is 4.79 Å². The Labute approximate surface area is 257 Å². The number of aliphatic carboxylic acids is 1. The zero-order valence-electron chi connectivity index (χ0n) is 25.5.